The molecule has 0 saturated carbocycles. The molecule has 0 atom stereocenters. The van der Waals surface area contributed by atoms with Crippen LogP contribution in [0, 0.1) is 0 Å². The Morgan fingerprint density at radius 3 is 2.58 bits per heavy atom. The number of carbonyl (C=O) groups excluding carboxylic acids is 1. The zero-order valence-corrected chi connectivity index (χ0v) is 13.5. The molecule has 5 nitrogen and oxygen atoms in total. The zero-order valence-electron chi connectivity index (χ0n) is 11.9. The Kier molecular flexibility index (Phi) is 7.15. The number of carbonyl (C=O) groups is 1. The lowest BCUT2D eigenvalue weighted by molar-refractivity contribution is -0.119. The highest BCUT2D eigenvalue weighted by Crippen LogP contribution is 2.25. The third-order valence-electron chi connectivity index (χ3n) is 2.50. The lowest BCUT2D eigenvalue weighted by atomic mass is 10.2. The fraction of sp³-hybridized carbons (Fsp3) is 0.750. The van der Waals surface area contributed by atoms with Crippen LogP contribution in [0.15, 0.2) is 4.34 Å². The highest BCUT2D eigenvalue weighted by atomic mass is 32.2. The summed E-state index contributed by atoms with van der Waals surface area (Å²) in [5.74, 6) is 0.458. The largest absolute Gasteiger partial charge is 0.358 e. The first-order chi connectivity index (χ1) is 9.05. The van der Waals surface area contributed by atoms with Crippen molar-refractivity contribution >= 4 is 34.1 Å². The van der Waals surface area contributed by atoms with Gasteiger partial charge in [-0.3, -0.25) is 4.79 Å². The summed E-state index contributed by atoms with van der Waals surface area (Å²) < 4.78 is 0.822. The van der Waals surface area contributed by atoms with Crippen LogP contribution < -0.4 is 10.6 Å². The molecule has 108 valence electrons. The molecule has 0 aromatic carbocycles. The van der Waals surface area contributed by atoms with E-state index in [4.69, 9.17) is 0 Å². The van der Waals surface area contributed by atoms with Gasteiger partial charge in [0.05, 0.1) is 5.75 Å². The Labute approximate surface area is 123 Å². The van der Waals surface area contributed by atoms with E-state index in [1.165, 1.54) is 23.1 Å². The summed E-state index contributed by atoms with van der Waals surface area (Å²) in [4.78, 5) is 11.7. The quantitative estimate of drug-likeness (QED) is 0.723. The van der Waals surface area contributed by atoms with Gasteiger partial charge < -0.3 is 10.6 Å². The van der Waals surface area contributed by atoms with Crippen molar-refractivity contribution in [3.05, 3.63) is 0 Å². The standard InChI is InChI=1S/C12H22N4OS2/c1-5-9(6-2)14-10(17)7-18-12-16-15-11(19-12)13-8(3)4/h8-9H,5-7H2,1-4H3,(H,13,15)(H,14,17). The van der Waals surface area contributed by atoms with Crippen molar-refractivity contribution in [2.75, 3.05) is 11.1 Å². The number of rotatable bonds is 8. The summed E-state index contributed by atoms with van der Waals surface area (Å²) in [5.41, 5.74) is 0. The minimum atomic E-state index is 0.0623. The number of hydrogen-bond acceptors (Lipinski definition) is 6. The molecule has 1 amide bonds. The van der Waals surface area contributed by atoms with Gasteiger partial charge in [-0.05, 0) is 26.7 Å². The maximum absolute atomic E-state index is 11.7. The highest BCUT2D eigenvalue weighted by Gasteiger charge is 2.11. The first kappa shape index (κ1) is 16.2. The summed E-state index contributed by atoms with van der Waals surface area (Å²) in [6.45, 7) is 8.26. The molecule has 7 heteroatoms. The lowest BCUT2D eigenvalue weighted by Gasteiger charge is -2.13. The van der Waals surface area contributed by atoms with Gasteiger partial charge >= 0.3 is 0 Å². The number of anilines is 1. The van der Waals surface area contributed by atoms with E-state index in [1.807, 2.05) is 0 Å². The Hall–Kier alpha value is -0.820. The Morgan fingerprint density at radius 2 is 2.00 bits per heavy atom. The second kappa shape index (κ2) is 8.37. The fourth-order valence-electron chi connectivity index (χ4n) is 1.46. The molecular formula is C12H22N4OS2. The van der Waals surface area contributed by atoms with Crippen LogP contribution in [0.3, 0.4) is 0 Å². The van der Waals surface area contributed by atoms with Crippen molar-refractivity contribution < 1.29 is 4.79 Å². The molecule has 0 bridgehead atoms. The smallest absolute Gasteiger partial charge is 0.230 e. The molecule has 2 N–H and O–H groups in total. The topological polar surface area (TPSA) is 66.9 Å². The van der Waals surface area contributed by atoms with Gasteiger partial charge in [0, 0.05) is 12.1 Å². The Balaban J connectivity index is 2.35. The van der Waals surface area contributed by atoms with Crippen LogP contribution in [0.1, 0.15) is 40.5 Å². The number of thioether (sulfide) groups is 1. The van der Waals surface area contributed by atoms with Crippen LogP contribution in [0.5, 0.6) is 0 Å². The fourth-order valence-corrected chi connectivity index (χ4v) is 3.17. The van der Waals surface area contributed by atoms with Gasteiger partial charge in [-0.1, -0.05) is 36.9 Å². The molecule has 0 unspecified atom stereocenters. The molecule has 0 spiro atoms. The SMILES string of the molecule is CCC(CC)NC(=O)CSc1nnc(NC(C)C)s1. The van der Waals surface area contributed by atoms with Crippen LogP contribution in [-0.2, 0) is 4.79 Å². The van der Waals surface area contributed by atoms with Crippen molar-refractivity contribution in [1.82, 2.24) is 15.5 Å². The van der Waals surface area contributed by atoms with Gasteiger partial charge in [-0.2, -0.15) is 0 Å². The second-order valence-electron chi connectivity index (χ2n) is 4.54. The summed E-state index contributed by atoms with van der Waals surface area (Å²) in [5, 5.41) is 15.1. The predicted molar refractivity (Wildman–Crippen MR) is 81.9 cm³/mol. The van der Waals surface area contributed by atoms with Gasteiger partial charge in [-0.25, -0.2) is 0 Å². The third-order valence-corrected chi connectivity index (χ3v) is 4.48. The molecule has 1 aromatic heterocycles. The minimum Gasteiger partial charge on any atom is -0.358 e. The minimum absolute atomic E-state index is 0.0623. The van der Waals surface area contributed by atoms with E-state index in [9.17, 15) is 4.79 Å². The van der Waals surface area contributed by atoms with Crippen LogP contribution in [-0.4, -0.2) is 33.9 Å². The third kappa shape index (κ3) is 6.24. The number of hydrogen-bond donors (Lipinski definition) is 2. The van der Waals surface area contributed by atoms with E-state index >= 15 is 0 Å². The molecule has 0 fully saturated rings. The molecule has 1 aromatic rings. The average molecular weight is 302 g/mol. The predicted octanol–water partition coefficient (Wildman–Crippen LogP) is 2.76. The summed E-state index contributed by atoms with van der Waals surface area (Å²) in [6.07, 6.45) is 1.93. The second-order valence-corrected chi connectivity index (χ2v) is 6.74. The van der Waals surface area contributed by atoms with Gasteiger partial charge in [0.1, 0.15) is 0 Å². The van der Waals surface area contributed by atoms with E-state index < -0.39 is 0 Å². The van der Waals surface area contributed by atoms with E-state index in [2.05, 4.69) is 48.5 Å². The van der Waals surface area contributed by atoms with E-state index in [0.717, 1.165) is 22.3 Å². The lowest BCUT2D eigenvalue weighted by Crippen LogP contribution is -2.34. The van der Waals surface area contributed by atoms with Crippen molar-refractivity contribution in [2.45, 2.75) is 57.0 Å². The average Bonchev–Trinajstić information content (AvgIpc) is 2.80. The van der Waals surface area contributed by atoms with E-state index in [-0.39, 0.29) is 11.9 Å². The van der Waals surface area contributed by atoms with Crippen molar-refractivity contribution in [3.8, 4) is 0 Å². The zero-order chi connectivity index (χ0) is 14.3. The molecule has 0 radical (unpaired) electrons. The van der Waals surface area contributed by atoms with Gasteiger partial charge in [0.25, 0.3) is 0 Å². The Morgan fingerprint density at radius 1 is 1.32 bits per heavy atom. The monoisotopic (exact) mass is 302 g/mol. The van der Waals surface area contributed by atoms with Gasteiger partial charge in [-0.15, -0.1) is 10.2 Å². The Bertz CT molecular complexity index is 391. The molecule has 0 aliphatic carbocycles. The summed E-state index contributed by atoms with van der Waals surface area (Å²) in [7, 11) is 0. The highest BCUT2D eigenvalue weighted by molar-refractivity contribution is 8.01. The van der Waals surface area contributed by atoms with Crippen molar-refractivity contribution in [3.63, 3.8) is 0 Å². The molecule has 19 heavy (non-hydrogen) atoms. The maximum atomic E-state index is 11.7. The number of nitrogens with one attached hydrogen (secondary N) is 2. The first-order valence-corrected chi connectivity index (χ1v) is 8.37. The maximum Gasteiger partial charge on any atom is 0.230 e. The number of aromatic nitrogens is 2. The van der Waals surface area contributed by atoms with Crippen LogP contribution in [0.4, 0.5) is 5.13 Å². The van der Waals surface area contributed by atoms with E-state index in [1.54, 1.807) is 0 Å². The molecule has 0 aliphatic heterocycles. The van der Waals surface area contributed by atoms with Crippen LogP contribution in [0.2, 0.25) is 0 Å². The summed E-state index contributed by atoms with van der Waals surface area (Å²) in [6, 6.07) is 0.615. The molecular weight excluding hydrogens is 280 g/mol. The molecule has 0 aliphatic rings. The molecule has 1 heterocycles. The van der Waals surface area contributed by atoms with E-state index in [0.29, 0.717) is 11.8 Å². The molecule has 1 rings (SSSR count). The molecule has 0 saturated heterocycles. The van der Waals surface area contributed by atoms with Crippen molar-refractivity contribution in [1.29, 1.82) is 0 Å². The van der Waals surface area contributed by atoms with Crippen LogP contribution in [0.25, 0.3) is 0 Å². The van der Waals surface area contributed by atoms with Gasteiger partial charge in [0.2, 0.25) is 11.0 Å². The number of nitrogens with zero attached hydrogens (tertiary/aromatic N) is 2. The number of amides is 1. The van der Waals surface area contributed by atoms with Crippen molar-refractivity contribution in [2.24, 2.45) is 0 Å². The summed E-state index contributed by atoms with van der Waals surface area (Å²) >= 11 is 2.92. The first-order valence-electron chi connectivity index (χ1n) is 6.57. The normalized spacial score (nSPS) is 11.1. The van der Waals surface area contributed by atoms with Gasteiger partial charge in [0.15, 0.2) is 4.34 Å². The van der Waals surface area contributed by atoms with Crippen LogP contribution >= 0.6 is 23.1 Å².